The Morgan fingerprint density at radius 1 is 1.19 bits per heavy atom. The van der Waals surface area contributed by atoms with Gasteiger partial charge in [0.25, 0.3) is 5.91 Å². The Balaban J connectivity index is 1.79. The quantitative estimate of drug-likeness (QED) is 0.579. The minimum Gasteiger partial charge on any atom is -0.298 e. The Kier molecular flexibility index (Phi) is 5.10. The fourth-order valence-corrected chi connectivity index (χ4v) is 3.35. The number of carbonyl (C=O) groups is 1. The first kappa shape index (κ1) is 18.5. The number of aromatic nitrogens is 2. The Bertz CT molecular complexity index is 972. The van der Waals surface area contributed by atoms with Gasteiger partial charge in [0.15, 0.2) is 5.13 Å². The summed E-state index contributed by atoms with van der Waals surface area (Å²) in [6, 6.07) is 9.44. The van der Waals surface area contributed by atoms with Gasteiger partial charge in [0.05, 0.1) is 17.0 Å². The smallest absolute Gasteiger partial charge is 0.298 e. The first-order valence-electron chi connectivity index (χ1n) is 7.32. The van der Waals surface area contributed by atoms with Crippen LogP contribution in [-0.2, 0) is 6.18 Å². The number of halogens is 4. The number of alkyl halides is 3. The maximum Gasteiger partial charge on any atom is 0.433 e. The van der Waals surface area contributed by atoms with Crippen molar-refractivity contribution in [2.75, 3.05) is 5.32 Å². The molecule has 2 heterocycles. The van der Waals surface area contributed by atoms with Gasteiger partial charge >= 0.3 is 6.18 Å². The maximum absolute atomic E-state index is 12.7. The third-order valence-corrected chi connectivity index (χ3v) is 4.72. The second-order valence-corrected chi connectivity index (χ2v) is 7.10. The van der Waals surface area contributed by atoms with Gasteiger partial charge in [-0.25, -0.2) is 9.97 Å². The molecule has 26 heavy (non-hydrogen) atoms. The highest BCUT2D eigenvalue weighted by atomic mass is 79.9. The Hall–Kier alpha value is -2.26. The predicted octanol–water partition coefficient (Wildman–Crippen LogP) is 5.55. The number of nitrogens with zero attached hydrogens (tertiary/aromatic N) is 2. The molecule has 3 aromatic rings. The third kappa shape index (κ3) is 4.10. The molecule has 1 amide bonds. The summed E-state index contributed by atoms with van der Waals surface area (Å²) >= 11 is 4.61. The number of pyridine rings is 1. The van der Waals surface area contributed by atoms with Crippen LogP contribution in [0.25, 0.3) is 11.3 Å². The van der Waals surface area contributed by atoms with Crippen molar-refractivity contribution in [2.24, 2.45) is 0 Å². The summed E-state index contributed by atoms with van der Waals surface area (Å²) in [5.41, 5.74) is 0.605. The number of nitrogens with one attached hydrogen (secondary N) is 1. The van der Waals surface area contributed by atoms with Gasteiger partial charge in [-0.1, -0.05) is 28.1 Å². The minimum absolute atomic E-state index is 0.00101. The van der Waals surface area contributed by atoms with Crippen molar-refractivity contribution in [2.45, 2.75) is 13.1 Å². The van der Waals surface area contributed by atoms with Crippen LogP contribution in [0.15, 0.2) is 46.3 Å². The fraction of sp³-hybridized carbons (Fsp3) is 0.118. The molecule has 0 spiro atoms. The lowest BCUT2D eigenvalue weighted by Gasteiger charge is -2.09. The lowest BCUT2D eigenvalue weighted by atomic mass is 10.1. The summed E-state index contributed by atoms with van der Waals surface area (Å²) in [6.45, 7) is 1.36. The number of rotatable bonds is 3. The largest absolute Gasteiger partial charge is 0.433 e. The van der Waals surface area contributed by atoms with Crippen molar-refractivity contribution >= 4 is 38.3 Å². The van der Waals surface area contributed by atoms with Crippen LogP contribution in [0, 0.1) is 6.92 Å². The number of carbonyl (C=O) groups excluding carboxylic acids is 1. The van der Waals surface area contributed by atoms with Crippen LogP contribution in [0.3, 0.4) is 0 Å². The van der Waals surface area contributed by atoms with Crippen molar-refractivity contribution in [3.63, 3.8) is 0 Å². The molecule has 134 valence electrons. The molecule has 4 nitrogen and oxygen atoms in total. The third-order valence-electron chi connectivity index (χ3n) is 3.47. The molecule has 1 N–H and O–H groups in total. The van der Waals surface area contributed by atoms with Crippen LogP contribution >= 0.6 is 27.3 Å². The van der Waals surface area contributed by atoms with E-state index in [1.165, 1.54) is 18.3 Å². The van der Waals surface area contributed by atoms with Gasteiger partial charge < -0.3 is 0 Å². The highest BCUT2D eigenvalue weighted by molar-refractivity contribution is 9.10. The molecule has 0 aliphatic carbocycles. The minimum atomic E-state index is -4.55. The van der Waals surface area contributed by atoms with E-state index >= 15 is 0 Å². The van der Waals surface area contributed by atoms with E-state index in [2.05, 4.69) is 31.2 Å². The van der Waals surface area contributed by atoms with Gasteiger partial charge in [-0.2, -0.15) is 13.2 Å². The van der Waals surface area contributed by atoms with E-state index in [4.69, 9.17) is 0 Å². The molecule has 9 heteroatoms. The fourth-order valence-electron chi connectivity index (χ4n) is 2.23. The van der Waals surface area contributed by atoms with E-state index in [9.17, 15) is 18.0 Å². The zero-order valence-electron chi connectivity index (χ0n) is 13.3. The summed E-state index contributed by atoms with van der Waals surface area (Å²) in [6.07, 6.45) is -4.55. The summed E-state index contributed by atoms with van der Waals surface area (Å²) < 4.78 is 38.9. The van der Waals surface area contributed by atoms with E-state index in [1.54, 1.807) is 5.38 Å². The standard InChI is InChI=1S/C17H11BrF3N3OS/c1-9-12(5-6-14(22-9)17(19,20)21)15(25)24-16-23-13(8-26-16)10-3-2-4-11(18)7-10/h2-8H,1H3,(H,23,24,25). The van der Waals surface area contributed by atoms with E-state index in [-0.39, 0.29) is 11.3 Å². The monoisotopic (exact) mass is 441 g/mol. The molecule has 0 radical (unpaired) electrons. The average molecular weight is 442 g/mol. The van der Waals surface area contributed by atoms with E-state index in [0.717, 1.165) is 22.2 Å². The predicted molar refractivity (Wildman–Crippen MR) is 97.2 cm³/mol. The van der Waals surface area contributed by atoms with Crippen LogP contribution in [0.1, 0.15) is 21.7 Å². The second kappa shape index (κ2) is 7.16. The van der Waals surface area contributed by atoms with Crippen LogP contribution in [-0.4, -0.2) is 15.9 Å². The lowest BCUT2D eigenvalue weighted by Crippen LogP contribution is -2.16. The van der Waals surface area contributed by atoms with Crippen LogP contribution in [0.4, 0.5) is 18.3 Å². The maximum atomic E-state index is 12.7. The first-order valence-corrected chi connectivity index (χ1v) is 8.99. The summed E-state index contributed by atoms with van der Waals surface area (Å²) in [5.74, 6) is -0.557. The van der Waals surface area contributed by atoms with Crippen molar-refractivity contribution < 1.29 is 18.0 Å². The molecule has 0 bridgehead atoms. The Morgan fingerprint density at radius 3 is 2.62 bits per heavy atom. The van der Waals surface area contributed by atoms with Crippen molar-refractivity contribution in [1.29, 1.82) is 0 Å². The summed E-state index contributed by atoms with van der Waals surface area (Å²) in [7, 11) is 0. The van der Waals surface area contributed by atoms with Crippen LogP contribution in [0.2, 0.25) is 0 Å². The topological polar surface area (TPSA) is 54.9 Å². The molecule has 1 aromatic carbocycles. The normalized spacial score (nSPS) is 11.4. The number of hydrogen-bond acceptors (Lipinski definition) is 4. The van der Waals surface area contributed by atoms with Gasteiger partial charge in [0, 0.05) is 15.4 Å². The van der Waals surface area contributed by atoms with Crippen molar-refractivity contribution in [3.8, 4) is 11.3 Å². The lowest BCUT2D eigenvalue weighted by molar-refractivity contribution is -0.141. The van der Waals surface area contributed by atoms with Crippen LogP contribution in [0.5, 0.6) is 0 Å². The Morgan fingerprint density at radius 2 is 1.96 bits per heavy atom. The molecular weight excluding hydrogens is 431 g/mol. The molecule has 2 aromatic heterocycles. The van der Waals surface area contributed by atoms with Gasteiger partial charge in [-0.15, -0.1) is 11.3 Å². The first-order chi connectivity index (χ1) is 12.2. The van der Waals surface area contributed by atoms with E-state index in [0.29, 0.717) is 10.8 Å². The van der Waals surface area contributed by atoms with Crippen LogP contribution < -0.4 is 5.32 Å². The zero-order chi connectivity index (χ0) is 18.9. The number of thiazole rings is 1. The summed E-state index contributed by atoms with van der Waals surface area (Å²) in [5, 5.41) is 4.74. The Labute approximate surface area is 159 Å². The number of amides is 1. The van der Waals surface area contributed by atoms with Gasteiger partial charge in [-0.3, -0.25) is 10.1 Å². The van der Waals surface area contributed by atoms with E-state index < -0.39 is 17.8 Å². The van der Waals surface area contributed by atoms with Gasteiger partial charge in [0.2, 0.25) is 0 Å². The molecule has 0 saturated heterocycles. The highest BCUT2D eigenvalue weighted by Gasteiger charge is 2.33. The molecular formula is C17H11BrF3N3OS. The molecule has 0 aliphatic rings. The molecule has 3 rings (SSSR count). The second-order valence-electron chi connectivity index (χ2n) is 5.33. The van der Waals surface area contributed by atoms with Gasteiger partial charge in [0.1, 0.15) is 5.69 Å². The van der Waals surface area contributed by atoms with Gasteiger partial charge in [-0.05, 0) is 31.2 Å². The number of anilines is 1. The average Bonchev–Trinajstić information content (AvgIpc) is 3.02. The number of aryl methyl sites for hydroxylation is 1. The van der Waals surface area contributed by atoms with Crippen molar-refractivity contribution in [3.05, 3.63) is 63.2 Å². The highest BCUT2D eigenvalue weighted by Crippen LogP contribution is 2.29. The number of hydrogen-bond donors (Lipinski definition) is 1. The molecule has 0 saturated carbocycles. The summed E-state index contributed by atoms with van der Waals surface area (Å²) in [4.78, 5) is 20.1. The molecule has 0 atom stereocenters. The number of benzene rings is 1. The molecule has 0 unspecified atom stereocenters. The SMILES string of the molecule is Cc1nc(C(F)(F)F)ccc1C(=O)Nc1nc(-c2cccc(Br)c2)cs1. The zero-order valence-corrected chi connectivity index (χ0v) is 15.7. The van der Waals surface area contributed by atoms with Crippen molar-refractivity contribution in [1.82, 2.24) is 9.97 Å². The molecule has 0 aliphatic heterocycles. The molecule has 0 fully saturated rings. The van der Waals surface area contributed by atoms with E-state index in [1.807, 2.05) is 24.3 Å².